The summed E-state index contributed by atoms with van der Waals surface area (Å²) < 4.78 is 5.89. The van der Waals surface area contributed by atoms with Crippen molar-refractivity contribution in [2.45, 2.75) is 13.5 Å². The number of aryl methyl sites for hydroxylation is 1. The number of benzene rings is 2. The summed E-state index contributed by atoms with van der Waals surface area (Å²) in [5, 5.41) is 1.22. The van der Waals surface area contributed by atoms with Crippen LogP contribution in [0.15, 0.2) is 54.7 Å². The highest BCUT2D eigenvalue weighted by atomic mass is 16.5. The largest absolute Gasteiger partial charge is 0.489 e. The Bertz CT molecular complexity index is 655. The van der Waals surface area contributed by atoms with Gasteiger partial charge >= 0.3 is 0 Å². The molecule has 0 bridgehead atoms. The number of fused-ring (bicyclic) bond motifs is 1. The fourth-order valence-corrected chi connectivity index (χ4v) is 2.16. The molecule has 3 aromatic rings. The minimum atomic E-state index is 0.609. The van der Waals surface area contributed by atoms with E-state index >= 15 is 0 Å². The van der Waals surface area contributed by atoms with E-state index in [-0.39, 0.29) is 0 Å². The molecule has 2 aromatic carbocycles. The smallest absolute Gasteiger partial charge is 0.123 e. The Morgan fingerprint density at radius 2 is 1.83 bits per heavy atom. The van der Waals surface area contributed by atoms with E-state index in [9.17, 15) is 0 Å². The van der Waals surface area contributed by atoms with Gasteiger partial charge in [0.15, 0.2) is 0 Å². The van der Waals surface area contributed by atoms with Gasteiger partial charge in [-0.25, -0.2) is 0 Å². The highest BCUT2D eigenvalue weighted by molar-refractivity contribution is 5.84. The minimum absolute atomic E-state index is 0.609. The highest BCUT2D eigenvalue weighted by Gasteiger charge is 2.05. The number of aromatic nitrogens is 1. The Labute approximate surface area is 106 Å². The van der Waals surface area contributed by atoms with Crippen LogP contribution < -0.4 is 4.74 Å². The maximum atomic E-state index is 5.89. The predicted octanol–water partition coefficient (Wildman–Crippen LogP) is 4.06. The van der Waals surface area contributed by atoms with E-state index in [2.05, 4.69) is 36.2 Å². The van der Waals surface area contributed by atoms with Crippen molar-refractivity contribution >= 4 is 10.9 Å². The molecule has 0 aliphatic heterocycles. The molecule has 2 heteroatoms. The number of aromatic amines is 1. The molecule has 18 heavy (non-hydrogen) atoms. The van der Waals surface area contributed by atoms with Crippen LogP contribution in [0.4, 0.5) is 0 Å². The van der Waals surface area contributed by atoms with Crippen molar-refractivity contribution in [1.82, 2.24) is 4.98 Å². The van der Waals surface area contributed by atoms with Gasteiger partial charge in [0, 0.05) is 22.7 Å². The predicted molar refractivity (Wildman–Crippen MR) is 73.8 cm³/mol. The molecule has 1 N–H and O–H groups in total. The number of nitrogens with one attached hydrogen (secondary N) is 1. The quantitative estimate of drug-likeness (QED) is 0.730. The van der Waals surface area contributed by atoms with E-state index in [4.69, 9.17) is 4.74 Å². The topological polar surface area (TPSA) is 25.0 Å². The summed E-state index contributed by atoms with van der Waals surface area (Å²) in [6, 6.07) is 16.4. The fraction of sp³-hybridized carbons (Fsp3) is 0.125. The lowest BCUT2D eigenvalue weighted by molar-refractivity contribution is 0.304. The Balaban J connectivity index is 1.84. The Morgan fingerprint density at radius 1 is 1.00 bits per heavy atom. The van der Waals surface area contributed by atoms with E-state index < -0.39 is 0 Å². The first-order valence-corrected chi connectivity index (χ1v) is 6.08. The van der Waals surface area contributed by atoms with Crippen molar-refractivity contribution < 1.29 is 4.74 Å². The van der Waals surface area contributed by atoms with Crippen LogP contribution in [0.1, 0.15) is 11.1 Å². The molecular weight excluding hydrogens is 222 g/mol. The average Bonchev–Trinajstić information content (AvgIpc) is 2.88. The van der Waals surface area contributed by atoms with E-state index in [1.54, 1.807) is 0 Å². The van der Waals surface area contributed by atoms with Gasteiger partial charge in [-0.2, -0.15) is 0 Å². The van der Waals surface area contributed by atoms with Gasteiger partial charge in [-0.05, 0) is 30.7 Å². The van der Waals surface area contributed by atoms with Crippen molar-refractivity contribution in [3.05, 3.63) is 65.9 Å². The molecule has 0 atom stereocenters. The van der Waals surface area contributed by atoms with Gasteiger partial charge < -0.3 is 9.72 Å². The minimum Gasteiger partial charge on any atom is -0.489 e. The molecule has 3 rings (SSSR count). The van der Waals surface area contributed by atoms with Crippen LogP contribution in [0.25, 0.3) is 10.9 Å². The van der Waals surface area contributed by atoms with E-state index in [1.807, 2.05) is 30.5 Å². The molecule has 0 aliphatic carbocycles. The van der Waals surface area contributed by atoms with Gasteiger partial charge in [-0.3, -0.25) is 0 Å². The van der Waals surface area contributed by atoms with E-state index in [1.165, 1.54) is 16.5 Å². The average molecular weight is 237 g/mol. The Morgan fingerprint density at radius 3 is 2.67 bits per heavy atom. The highest BCUT2D eigenvalue weighted by Crippen LogP contribution is 2.27. The molecule has 0 unspecified atom stereocenters. The standard InChI is InChI=1S/C16H15NO/c1-12-14-9-10-17-15(14)7-8-16(12)18-11-13-5-3-2-4-6-13/h2-10,17H,11H2,1H3. The fourth-order valence-electron chi connectivity index (χ4n) is 2.16. The number of hydrogen-bond donors (Lipinski definition) is 1. The first kappa shape index (κ1) is 10.9. The van der Waals surface area contributed by atoms with Crippen molar-refractivity contribution in [3.8, 4) is 5.75 Å². The normalized spacial score (nSPS) is 10.7. The second-order valence-electron chi connectivity index (χ2n) is 4.40. The summed E-state index contributed by atoms with van der Waals surface area (Å²) >= 11 is 0. The van der Waals surface area contributed by atoms with Gasteiger partial charge in [0.25, 0.3) is 0 Å². The van der Waals surface area contributed by atoms with E-state index in [0.717, 1.165) is 11.3 Å². The molecule has 0 radical (unpaired) electrons. The second kappa shape index (κ2) is 4.57. The molecule has 90 valence electrons. The van der Waals surface area contributed by atoms with Crippen LogP contribution in [0.3, 0.4) is 0 Å². The Hall–Kier alpha value is -2.22. The lowest BCUT2D eigenvalue weighted by Crippen LogP contribution is -1.96. The third-order valence-corrected chi connectivity index (χ3v) is 3.19. The molecule has 1 aromatic heterocycles. The second-order valence-corrected chi connectivity index (χ2v) is 4.40. The molecule has 0 saturated carbocycles. The zero-order valence-electron chi connectivity index (χ0n) is 10.3. The van der Waals surface area contributed by atoms with Crippen molar-refractivity contribution in [3.63, 3.8) is 0 Å². The zero-order chi connectivity index (χ0) is 12.4. The molecular formula is C16H15NO. The van der Waals surface area contributed by atoms with Crippen LogP contribution in [-0.4, -0.2) is 4.98 Å². The van der Waals surface area contributed by atoms with Crippen LogP contribution in [-0.2, 0) is 6.61 Å². The number of ether oxygens (including phenoxy) is 1. The molecule has 0 saturated heterocycles. The van der Waals surface area contributed by atoms with Gasteiger partial charge in [-0.1, -0.05) is 30.3 Å². The van der Waals surface area contributed by atoms with Crippen molar-refractivity contribution in [2.75, 3.05) is 0 Å². The van der Waals surface area contributed by atoms with Gasteiger partial charge in [0.1, 0.15) is 12.4 Å². The van der Waals surface area contributed by atoms with Crippen molar-refractivity contribution in [1.29, 1.82) is 0 Å². The summed E-state index contributed by atoms with van der Waals surface area (Å²) in [5.41, 5.74) is 3.52. The van der Waals surface area contributed by atoms with Crippen LogP contribution in [0, 0.1) is 6.92 Å². The van der Waals surface area contributed by atoms with Gasteiger partial charge in [0.2, 0.25) is 0 Å². The van der Waals surface area contributed by atoms with Crippen LogP contribution >= 0.6 is 0 Å². The van der Waals surface area contributed by atoms with Crippen molar-refractivity contribution in [2.24, 2.45) is 0 Å². The third-order valence-electron chi connectivity index (χ3n) is 3.19. The van der Waals surface area contributed by atoms with Gasteiger partial charge in [0.05, 0.1) is 0 Å². The molecule has 0 amide bonds. The molecule has 0 aliphatic rings. The number of hydrogen-bond acceptors (Lipinski definition) is 1. The summed E-state index contributed by atoms with van der Waals surface area (Å²) in [5.74, 6) is 0.950. The summed E-state index contributed by atoms with van der Waals surface area (Å²) in [4.78, 5) is 3.21. The van der Waals surface area contributed by atoms with E-state index in [0.29, 0.717) is 6.61 Å². The first-order valence-electron chi connectivity index (χ1n) is 6.08. The number of H-pyrrole nitrogens is 1. The summed E-state index contributed by atoms with van der Waals surface area (Å²) in [7, 11) is 0. The lowest BCUT2D eigenvalue weighted by atomic mass is 10.1. The lowest BCUT2D eigenvalue weighted by Gasteiger charge is -2.10. The zero-order valence-corrected chi connectivity index (χ0v) is 10.3. The molecule has 0 spiro atoms. The van der Waals surface area contributed by atoms with Gasteiger partial charge in [-0.15, -0.1) is 0 Å². The molecule has 0 fully saturated rings. The monoisotopic (exact) mass is 237 g/mol. The third kappa shape index (κ3) is 1.97. The molecule has 1 heterocycles. The van der Waals surface area contributed by atoms with Crippen LogP contribution in [0.5, 0.6) is 5.75 Å². The summed E-state index contributed by atoms with van der Waals surface area (Å²) in [6.45, 7) is 2.70. The maximum Gasteiger partial charge on any atom is 0.123 e. The Kier molecular flexibility index (Phi) is 2.77. The maximum absolute atomic E-state index is 5.89. The summed E-state index contributed by atoms with van der Waals surface area (Å²) in [6.07, 6.45) is 1.96. The SMILES string of the molecule is Cc1c(OCc2ccccc2)ccc2[nH]ccc12. The first-order chi connectivity index (χ1) is 8.84. The van der Waals surface area contributed by atoms with Crippen LogP contribution in [0.2, 0.25) is 0 Å². The number of rotatable bonds is 3. The molecule has 2 nitrogen and oxygen atoms in total.